The van der Waals surface area contributed by atoms with Crippen LogP contribution in [0.4, 0.5) is 10.9 Å². The van der Waals surface area contributed by atoms with Crippen molar-refractivity contribution in [1.29, 1.82) is 0 Å². The zero-order valence-electron chi connectivity index (χ0n) is 14.9. The van der Waals surface area contributed by atoms with Crippen LogP contribution >= 0.6 is 46.0 Å². The van der Waals surface area contributed by atoms with Gasteiger partial charge in [-0.05, 0) is 36.4 Å². The minimum atomic E-state index is -0.0188. The third-order valence-corrected chi connectivity index (χ3v) is 7.76. The maximum atomic E-state index is 12.6. The number of pyridine rings is 1. The van der Waals surface area contributed by atoms with E-state index in [0.29, 0.717) is 10.2 Å². The second-order valence-electron chi connectivity index (χ2n) is 6.33. The van der Waals surface area contributed by atoms with Crippen LogP contribution in [0, 0.1) is 5.92 Å². The Kier molecular flexibility index (Phi) is 6.46. The van der Waals surface area contributed by atoms with Crippen molar-refractivity contribution >= 4 is 62.9 Å². The Morgan fingerprint density at radius 3 is 2.86 bits per heavy atom. The predicted molar refractivity (Wildman–Crippen MR) is 117 cm³/mol. The van der Waals surface area contributed by atoms with Crippen molar-refractivity contribution in [3.8, 4) is 0 Å². The van der Waals surface area contributed by atoms with Gasteiger partial charge in [0.05, 0.1) is 5.02 Å². The minimum absolute atomic E-state index is 0.0188. The highest BCUT2D eigenvalue weighted by Gasteiger charge is 2.26. The van der Waals surface area contributed by atoms with Gasteiger partial charge in [0, 0.05) is 35.8 Å². The number of amides is 1. The van der Waals surface area contributed by atoms with E-state index < -0.39 is 0 Å². The highest BCUT2D eigenvalue weighted by Crippen LogP contribution is 2.30. The second kappa shape index (κ2) is 9.21. The van der Waals surface area contributed by atoms with Crippen molar-refractivity contribution in [3.05, 3.63) is 45.7 Å². The Morgan fingerprint density at radius 1 is 1.29 bits per heavy atom. The number of carbonyl (C=O) groups is 1. The van der Waals surface area contributed by atoms with Crippen LogP contribution in [0.3, 0.4) is 0 Å². The van der Waals surface area contributed by atoms with Crippen LogP contribution in [-0.2, 0) is 10.5 Å². The van der Waals surface area contributed by atoms with Crippen LogP contribution in [-0.4, -0.2) is 34.2 Å². The molecule has 0 aliphatic carbocycles. The first-order chi connectivity index (χ1) is 13.7. The molecule has 0 aromatic carbocycles. The van der Waals surface area contributed by atoms with Crippen LogP contribution < -0.4 is 10.2 Å². The Balaban J connectivity index is 1.26. The average molecular weight is 452 g/mol. The van der Waals surface area contributed by atoms with Crippen LogP contribution in [0.1, 0.15) is 17.7 Å². The summed E-state index contributed by atoms with van der Waals surface area (Å²) in [5.41, 5.74) is 0. The molecule has 0 unspecified atom stereocenters. The summed E-state index contributed by atoms with van der Waals surface area (Å²) < 4.78 is 0.868. The molecule has 28 heavy (non-hydrogen) atoms. The molecule has 1 amide bonds. The number of carbonyl (C=O) groups excluding carboxylic acids is 1. The number of hydrogen-bond donors (Lipinski definition) is 1. The molecular formula is C18H18ClN5OS3. The van der Waals surface area contributed by atoms with Gasteiger partial charge in [0.1, 0.15) is 5.82 Å². The second-order valence-corrected chi connectivity index (χ2v) is 10.00. The number of anilines is 2. The number of rotatable bonds is 6. The Hall–Kier alpha value is -1.68. The van der Waals surface area contributed by atoms with E-state index in [1.54, 1.807) is 29.3 Å². The summed E-state index contributed by atoms with van der Waals surface area (Å²) in [6.07, 6.45) is 3.23. The van der Waals surface area contributed by atoms with Gasteiger partial charge in [-0.2, -0.15) is 0 Å². The van der Waals surface area contributed by atoms with E-state index in [0.717, 1.165) is 41.8 Å². The molecule has 1 aliphatic rings. The number of aromatic nitrogens is 3. The first-order valence-electron chi connectivity index (χ1n) is 8.83. The summed E-state index contributed by atoms with van der Waals surface area (Å²) in [5.74, 6) is 1.78. The number of thioether (sulfide) groups is 1. The van der Waals surface area contributed by atoms with E-state index >= 15 is 0 Å². The first kappa shape index (κ1) is 19.6. The fourth-order valence-electron chi connectivity index (χ4n) is 2.98. The minimum Gasteiger partial charge on any atom is -0.357 e. The quantitative estimate of drug-likeness (QED) is 0.429. The maximum absolute atomic E-state index is 12.6. The highest BCUT2D eigenvalue weighted by molar-refractivity contribution is 8.00. The first-order valence-corrected chi connectivity index (χ1v) is 11.9. The molecule has 1 aliphatic heterocycles. The Labute approximate surface area is 180 Å². The highest BCUT2D eigenvalue weighted by atomic mass is 35.5. The lowest BCUT2D eigenvalue weighted by Crippen LogP contribution is -2.38. The monoisotopic (exact) mass is 451 g/mol. The SMILES string of the molecule is O=C(Nc1nnc(SCc2cccs2)s1)C1CCN(c2ccc(Cl)cn2)CC1. The summed E-state index contributed by atoms with van der Waals surface area (Å²) in [7, 11) is 0. The van der Waals surface area contributed by atoms with Crippen molar-refractivity contribution in [2.45, 2.75) is 22.9 Å². The van der Waals surface area contributed by atoms with Crippen molar-refractivity contribution in [1.82, 2.24) is 15.2 Å². The number of nitrogens with zero attached hydrogens (tertiary/aromatic N) is 4. The third-order valence-electron chi connectivity index (χ3n) is 4.46. The molecular weight excluding hydrogens is 434 g/mol. The largest absolute Gasteiger partial charge is 0.357 e. The van der Waals surface area contributed by atoms with Gasteiger partial charge < -0.3 is 10.2 Å². The van der Waals surface area contributed by atoms with E-state index in [-0.39, 0.29) is 11.8 Å². The van der Waals surface area contributed by atoms with Crippen molar-refractivity contribution in [2.75, 3.05) is 23.3 Å². The van der Waals surface area contributed by atoms with Gasteiger partial charge in [-0.15, -0.1) is 21.5 Å². The molecule has 1 N–H and O–H groups in total. The average Bonchev–Trinajstić information content (AvgIpc) is 3.39. The van der Waals surface area contributed by atoms with E-state index in [2.05, 4.69) is 36.8 Å². The summed E-state index contributed by atoms with van der Waals surface area (Å²) in [5, 5.41) is 14.5. The molecule has 1 fully saturated rings. The van der Waals surface area contributed by atoms with Crippen molar-refractivity contribution < 1.29 is 4.79 Å². The lowest BCUT2D eigenvalue weighted by molar-refractivity contribution is -0.120. The van der Waals surface area contributed by atoms with E-state index in [4.69, 9.17) is 11.6 Å². The molecule has 6 nitrogen and oxygen atoms in total. The van der Waals surface area contributed by atoms with E-state index in [9.17, 15) is 4.79 Å². The van der Waals surface area contributed by atoms with Gasteiger partial charge in [-0.1, -0.05) is 40.8 Å². The fourth-order valence-corrected chi connectivity index (χ4v) is 5.62. The number of hydrogen-bond acceptors (Lipinski definition) is 8. The normalized spacial score (nSPS) is 15.0. The lowest BCUT2D eigenvalue weighted by atomic mass is 9.96. The molecule has 0 radical (unpaired) electrons. The summed E-state index contributed by atoms with van der Waals surface area (Å²) >= 11 is 10.7. The zero-order valence-corrected chi connectivity index (χ0v) is 18.1. The molecule has 0 bridgehead atoms. The van der Waals surface area contributed by atoms with E-state index in [1.807, 2.05) is 18.2 Å². The van der Waals surface area contributed by atoms with Gasteiger partial charge in [0.25, 0.3) is 0 Å². The van der Waals surface area contributed by atoms with Gasteiger partial charge in [-0.25, -0.2) is 4.98 Å². The van der Waals surface area contributed by atoms with Crippen LogP contribution in [0.5, 0.6) is 0 Å². The molecule has 10 heteroatoms. The zero-order chi connectivity index (χ0) is 19.3. The molecule has 3 aromatic rings. The number of piperidine rings is 1. The van der Waals surface area contributed by atoms with Crippen LogP contribution in [0.2, 0.25) is 5.02 Å². The molecule has 0 saturated carbocycles. The molecule has 0 atom stereocenters. The maximum Gasteiger partial charge on any atom is 0.229 e. The fraction of sp³-hybridized carbons (Fsp3) is 0.333. The topological polar surface area (TPSA) is 71.0 Å². The number of nitrogens with one attached hydrogen (secondary N) is 1. The Bertz CT molecular complexity index is 908. The standard InChI is InChI=1S/C18H18ClN5OS3/c19-13-3-4-15(20-10-13)24-7-5-12(6-8-24)16(25)21-17-22-23-18(28-17)27-11-14-2-1-9-26-14/h1-4,9-10,12H,5-8,11H2,(H,21,22,25). The lowest BCUT2D eigenvalue weighted by Gasteiger charge is -2.31. The van der Waals surface area contributed by atoms with Crippen LogP contribution in [0.15, 0.2) is 40.2 Å². The molecule has 4 heterocycles. The molecule has 146 valence electrons. The van der Waals surface area contributed by atoms with E-state index in [1.165, 1.54) is 16.2 Å². The van der Waals surface area contributed by atoms with Crippen molar-refractivity contribution in [3.63, 3.8) is 0 Å². The molecule has 0 spiro atoms. The van der Waals surface area contributed by atoms with Gasteiger partial charge in [0.2, 0.25) is 11.0 Å². The van der Waals surface area contributed by atoms with Gasteiger partial charge in [-0.3, -0.25) is 4.79 Å². The molecule has 1 saturated heterocycles. The van der Waals surface area contributed by atoms with Crippen LogP contribution in [0.25, 0.3) is 0 Å². The van der Waals surface area contributed by atoms with Gasteiger partial charge >= 0.3 is 0 Å². The molecule has 4 rings (SSSR count). The smallest absolute Gasteiger partial charge is 0.229 e. The van der Waals surface area contributed by atoms with Gasteiger partial charge in [0.15, 0.2) is 4.34 Å². The summed E-state index contributed by atoms with van der Waals surface area (Å²) in [6.45, 7) is 1.59. The molecule has 3 aromatic heterocycles. The summed E-state index contributed by atoms with van der Waals surface area (Å²) in [6, 6.07) is 7.90. The summed E-state index contributed by atoms with van der Waals surface area (Å²) in [4.78, 5) is 20.4. The Morgan fingerprint density at radius 2 is 2.14 bits per heavy atom. The predicted octanol–water partition coefficient (Wildman–Crippen LogP) is 4.80. The third kappa shape index (κ3) is 5.02. The number of halogens is 1. The number of thiophene rings is 1. The van der Waals surface area contributed by atoms with Crippen molar-refractivity contribution in [2.24, 2.45) is 5.92 Å².